The maximum atomic E-state index is 2.47. The van der Waals surface area contributed by atoms with Crippen molar-refractivity contribution >= 4 is 75.4 Å². The van der Waals surface area contributed by atoms with Gasteiger partial charge in [0.15, 0.2) is 0 Å². The third-order valence-corrected chi connectivity index (χ3v) is 26.4. The third kappa shape index (κ3) is 10.7. The fraction of sp³-hybridized carbons (Fsp3) is 0.0783. The topological polar surface area (TPSA) is 0 Å². The quantitative estimate of drug-likeness (QED) is 0.133. The van der Waals surface area contributed by atoms with Crippen molar-refractivity contribution < 1.29 is 0 Å². The summed E-state index contributed by atoms with van der Waals surface area (Å²) in [7, 11) is 0. The molecular formula is C115H82. The van der Waals surface area contributed by atoms with Crippen molar-refractivity contribution in [2.75, 3.05) is 0 Å². The van der Waals surface area contributed by atoms with Gasteiger partial charge < -0.3 is 0 Å². The van der Waals surface area contributed by atoms with Crippen LogP contribution in [-0.4, -0.2) is 0 Å². The molecule has 0 aromatic heterocycles. The Bertz CT molecular complexity index is 7440. The molecule has 3 aliphatic carbocycles. The smallest absolute Gasteiger partial charge is 0.0159 e. The highest BCUT2D eigenvalue weighted by molar-refractivity contribution is 6.24. The molecule has 20 aromatic carbocycles. The van der Waals surface area contributed by atoms with Crippen LogP contribution in [0.4, 0.5) is 0 Å². The van der Waals surface area contributed by atoms with Crippen molar-refractivity contribution in [2.24, 2.45) is 0 Å². The molecule has 0 amide bonds. The zero-order valence-electron chi connectivity index (χ0n) is 65.5. The Hall–Kier alpha value is -13.8. The van der Waals surface area contributed by atoms with Crippen molar-refractivity contribution in [3.8, 4) is 122 Å². The van der Waals surface area contributed by atoms with Crippen LogP contribution < -0.4 is 0 Å². The molecule has 0 aliphatic heterocycles. The van der Waals surface area contributed by atoms with Crippen molar-refractivity contribution in [3.05, 3.63) is 422 Å². The second-order valence-electron chi connectivity index (χ2n) is 33.6. The first-order valence-electron chi connectivity index (χ1n) is 40.7. The van der Waals surface area contributed by atoms with E-state index in [4.69, 9.17) is 0 Å². The first-order valence-corrected chi connectivity index (χ1v) is 40.7. The van der Waals surface area contributed by atoms with Gasteiger partial charge in [-0.3, -0.25) is 0 Å². The summed E-state index contributed by atoms with van der Waals surface area (Å²) in [5.41, 5.74) is 36.4. The predicted molar refractivity (Wildman–Crippen MR) is 492 cm³/mol. The Morgan fingerprint density at radius 2 is 0.391 bits per heavy atom. The van der Waals surface area contributed by atoms with Crippen LogP contribution in [0.15, 0.2) is 388 Å². The number of hydrogen-bond donors (Lipinski definition) is 0. The minimum atomic E-state index is -0.0485. The maximum Gasteiger partial charge on any atom is 0.0159 e. The molecule has 23 rings (SSSR count). The van der Waals surface area contributed by atoms with Crippen LogP contribution in [0.2, 0.25) is 0 Å². The highest BCUT2D eigenvalue weighted by atomic mass is 14.4. The molecule has 115 heavy (non-hydrogen) atoms. The van der Waals surface area contributed by atoms with Gasteiger partial charge in [0.25, 0.3) is 0 Å². The maximum absolute atomic E-state index is 2.47. The second kappa shape index (κ2) is 26.2. The van der Waals surface area contributed by atoms with E-state index >= 15 is 0 Å². The first-order chi connectivity index (χ1) is 56.3. The average molecular weight is 1460 g/mol. The van der Waals surface area contributed by atoms with Crippen LogP contribution in [0, 0.1) is 0 Å². The van der Waals surface area contributed by atoms with Crippen molar-refractivity contribution in [2.45, 2.75) is 57.8 Å². The van der Waals surface area contributed by atoms with Crippen LogP contribution in [0.1, 0.15) is 74.9 Å². The molecule has 0 heteroatoms. The zero-order chi connectivity index (χ0) is 77.0. The first kappa shape index (κ1) is 68.1. The summed E-state index contributed by atoms with van der Waals surface area (Å²) < 4.78 is 0. The molecule has 20 aromatic rings. The minimum Gasteiger partial charge on any atom is -0.0619 e. The monoisotopic (exact) mass is 1460 g/mol. The molecule has 542 valence electrons. The van der Waals surface area contributed by atoms with Gasteiger partial charge in [0.05, 0.1) is 0 Å². The zero-order valence-corrected chi connectivity index (χ0v) is 65.5. The Kier molecular flexibility index (Phi) is 15.5. The molecule has 0 fully saturated rings. The number of rotatable bonds is 8. The van der Waals surface area contributed by atoms with Crippen molar-refractivity contribution in [1.29, 1.82) is 0 Å². The van der Waals surface area contributed by atoms with Crippen LogP contribution in [-0.2, 0) is 16.2 Å². The molecule has 0 heterocycles. The van der Waals surface area contributed by atoms with Crippen LogP contribution in [0.5, 0.6) is 0 Å². The summed E-state index contributed by atoms with van der Waals surface area (Å²) in [6, 6.07) is 145. The van der Waals surface area contributed by atoms with Crippen LogP contribution >= 0.6 is 0 Å². The van der Waals surface area contributed by atoms with E-state index < -0.39 is 0 Å². The van der Waals surface area contributed by atoms with E-state index in [-0.39, 0.29) is 16.2 Å². The van der Waals surface area contributed by atoms with E-state index in [9.17, 15) is 0 Å². The van der Waals surface area contributed by atoms with Crippen molar-refractivity contribution in [3.63, 3.8) is 0 Å². The Labute approximate surface area is 672 Å². The highest BCUT2D eigenvalue weighted by Gasteiger charge is 2.39. The molecule has 0 atom stereocenters. The van der Waals surface area contributed by atoms with E-state index in [0.717, 1.165) is 0 Å². The summed E-state index contributed by atoms with van der Waals surface area (Å²) in [5, 5.41) is 17.7. The van der Waals surface area contributed by atoms with Gasteiger partial charge in [-0.15, -0.1) is 0 Å². The lowest BCUT2D eigenvalue weighted by atomic mass is 9.81. The van der Waals surface area contributed by atoms with Gasteiger partial charge in [-0.25, -0.2) is 0 Å². The highest BCUT2D eigenvalue weighted by Crippen LogP contribution is 2.56. The fourth-order valence-electron chi connectivity index (χ4n) is 20.6. The summed E-state index contributed by atoms with van der Waals surface area (Å²) in [6.45, 7) is 14.2. The number of benzene rings is 20. The molecule has 0 saturated heterocycles. The van der Waals surface area contributed by atoms with Gasteiger partial charge in [0.1, 0.15) is 0 Å². The van der Waals surface area contributed by atoms with Gasteiger partial charge in [-0.05, 0) is 262 Å². The third-order valence-electron chi connectivity index (χ3n) is 26.4. The summed E-state index contributed by atoms with van der Waals surface area (Å²) >= 11 is 0. The average Bonchev–Trinajstić information content (AvgIpc) is 1.72. The van der Waals surface area contributed by atoms with E-state index in [0.29, 0.717) is 0 Å². The lowest BCUT2D eigenvalue weighted by Gasteiger charge is -2.22. The molecule has 3 aliphatic rings. The molecule has 0 unspecified atom stereocenters. The van der Waals surface area contributed by atoms with Crippen molar-refractivity contribution in [1.82, 2.24) is 0 Å². The lowest BCUT2D eigenvalue weighted by Crippen LogP contribution is -2.14. The van der Waals surface area contributed by atoms with Crippen LogP contribution in [0.25, 0.3) is 198 Å². The largest absolute Gasteiger partial charge is 0.0619 e. The molecule has 0 nitrogen and oxygen atoms in total. The standard InChI is InChI=1S/C60H44.C55H38/c1-59(2)54-23-12-10-18-46(54)51-35-42(30-33-55(51)59)58-49-20-8-7-19-48(49)57(50-32-29-41(34-52(50)58)44-21-13-15-38-14-5-6-16-43(38)44)39-26-24-37(25-27-39)40-28-31-47-45-17-9-11-22-53(45)60(3,4)56(47)36-40;1-55(2)51-24-10-9-19-45(51)49-34-40(30-32-52(49)55)54-47-21-8-7-20-46(47)53(38-27-25-37(26-28-38)43-22-11-15-35-13-3-5-17-41(35)43)48-31-29-39(33-50(48)54)44-23-12-16-36-14-4-6-18-42(36)44/h5-36H,1-4H3;3-34H,1-2H3. The van der Waals surface area contributed by atoms with Gasteiger partial charge in [-0.1, -0.05) is 399 Å². The Balaban J connectivity index is 0.000000140. The van der Waals surface area contributed by atoms with E-state index in [1.165, 1.54) is 231 Å². The Morgan fingerprint density at radius 1 is 0.130 bits per heavy atom. The molecule has 0 radical (unpaired) electrons. The number of hydrogen-bond acceptors (Lipinski definition) is 0. The summed E-state index contributed by atoms with van der Waals surface area (Å²) in [5.74, 6) is 0. The fourth-order valence-corrected chi connectivity index (χ4v) is 20.6. The number of fused-ring (bicyclic) bond motifs is 16. The van der Waals surface area contributed by atoms with Gasteiger partial charge in [-0.2, -0.15) is 0 Å². The van der Waals surface area contributed by atoms with Gasteiger partial charge in [0, 0.05) is 16.2 Å². The molecule has 0 bridgehead atoms. The minimum absolute atomic E-state index is 0.0369. The second-order valence-corrected chi connectivity index (χ2v) is 33.6. The van der Waals surface area contributed by atoms with E-state index in [1.54, 1.807) is 0 Å². The molecule has 0 spiro atoms. The molecular weight excluding hydrogens is 1380 g/mol. The summed E-state index contributed by atoms with van der Waals surface area (Å²) in [6.07, 6.45) is 0. The SMILES string of the molecule is CC1(C)c2ccccc2-c2cc(-c3c4ccccc4c(-c4ccc(-c5ccc6c(c5)C(C)(C)c5ccccc5-6)cc4)c4ccc(-c5cccc6ccccc56)cc34)ccc21.CC1(C)c2ccccc2-c2cc(-c3c4ccccc4c(-c4ccc(-c5cccc6ccccc56)cc4)c4ccc(-c5cccc6ccccc56)cc34)ccc21. The normalized spacial score (nSPS) is 13.7. The molecule has 0 saturated carbocycles. The van der Waals surface area contributed by atoms with E-state index in [2.05, 4.69) is 430 Å². The predicted octanol–water partition coefficient (Wildman–Crippen LogP) is 31.7. The van der Waals surface area contributed by atoms with Crippen LogP contribution in [0.3, 0.4) is 0 Å². The van der Waals surface area contributed by atoms with Gasteiger partial charge in [0.2, 0.25) is 0 Å². The lowest BCUT2D eigenvalue weighted by molar-refractivity contribution is 0.660. The van der Waals surface area contributed by atoms with E-state index in [1.807, 2.05) is 0 Å². The Morgan fingerprint density at radius 3 is 0.809 bits per heavy atom. The van der Waals surface area contributed by atoms with Gasteiger partial charge >= 0.3 is 0 Å². The molecule has 0 N–H and O–H groups in total. The summed E-state index contributed by atoms with van der Waals surface area (Å²) in [4.78, 5) is 0.